The molecule has 0 saturated carbocycles. The number of hydrogen-bond donors (Lipinski definition) is 1. The first kappa shape index (κ1) is 19.5. The highest BCUT2D eigenvalue weighted by atomic mass is 35.5. The molecule has 0 atom stereocenters. The number of aryl methyl sites for hydroxylation is 1. The molecular formula is C19H19ClN4O4. The molecule has 3 rings (SSSR count). The summed E-state index contributed by atoms with van der Waals surface area (Å²) < 4.78 is 15.9. The second kappa shape index (κ2) is 8.18. The number of anilines is 1. The molecule has 0 fully saturated rings. The van der Waals surface area contributed by atoms with Crippen molar-refractivity contribution in [2.45, 2.75) is 6.92 Å². The number of carbonyl (C=O) groups is 1. The van der Waals surface area contributed by atoms with Gasteiger partial charge < -0.3 is 19.5 Å². The van der Waals surface area contributed by atoms with Crippen molar-refractivity contribution in [1.29, 1.82) is 0 Å². The van der Waals surface area contributed by atoms with Crippen LogP contribution in [0.3, 0.4) is 0 Å². The van der Waals surface area contributed by atoms with E-state index in [9.17, 15) is 4.79 Å². The molecule has 9 heteroatoms. The van der Waals surface area contributed by atoms with Gasteiger partial charge in [-0.3, -0.25) is 4.79 Å². The summed E-state index contributed by atoms with van der Waals surface area (Å²) >= 11 is 6.01. The Bertz CT molecular complexity index is 994. The molecule has 2 aromatic carbocycles. The molecule has 3 aromatic rings. The molecule has 1 amide bonds. The van der Waals surface area contributed by atoms with E-state index >= 15 is 0 Å². The lowest BCUT2D eigenvalue weighted by Gasteiger charge is -2.14. The van der Waals surface area contributed by atoms with Crippen LogP contribution in [0, 0.1) is 6.92 Å². The lowest BCUT2D eigenvalue weighted by Crippen LogP contribution is -2.14. The zero-order valence-electron chi connectivity index (χ0n) is 15.8. The lowest BCUT2D eigenvalue weighted by molar-refractivity contribution is 0.102. The second-order valence-electron chi connectivity index (χ2n) is 5.77. The zero-order valence-corrected chi connectivity index (χ0v) is 16.6. The van der Waals surface area contributed by atoms with Gasteiger partial charge in [0.1, 0.15) is 0 Å². The average molecular weight is 403 g/mol. The summed E-state index contributed by atoms with van der Waals surface area (Å²) in [7, 11) is 4.52. The minimum atomic E-state index is -0.417. The average Bonchev–Trinajstić information content (AvgIpc) is 3.09. The molecule has 0 unspecified atom stereocenters. The van der Waals surface area contributed by atoms with Crippen LogP contribution in [0.2, 0.25) is 5.02 Å². The van der Waals surface area contributed by atoms with Gasteiger partial charge in [0.25, 0.3) is 5.91 Å². The van der Waals surface area contributed by atoms with Crippen LogP contribution in [-0.4, -0.2) is 42.2 Å². The largest absolute Gasteiger partial charge is 0.493 e. The fraction of sp³-hybridized carbons (Fsp3) is 0.211. The molecule has 0 spiro atoms. The Balaban J connectivity index is 1.90. The van der Waals surface area contributed by atoms with Gasteiger partial charge in [-0.15, -0.1) is 5.10 Å². The number of rotatable bonds is 6. The number of methoxy groups -OCH3 is 3. The number of hydrogen-bond acceptors (Lipinski definition) is 6. The fourth-order valence-electron chi connectivity index (χ4n) is 2.65. The molecule has 1 N–H and O–H groups in total. The number of amides is 1. The Morgan fingerprint density at radius 3 is 2.29 bits per heavy atom. The molecule has 1 aromatic heterocycles. The molecule has 146 valence electrons. The number of nitrogens with one attached hydrogen (secondary N) is 1. The van der Waals surface area contributed by atoms with Crippen LogP contribution < -0.4 is 19.5 Å². The molecule has 0 bridgehead atoms. The van der Waals surface area contributed by atoms with Crippen molar-refractivity contribution in [2.75, 3.05) is 26.6 Å². The summed E-state index contributed by atoms with van der Waals surface area (Å²) in [5, 5.41) is 11.9. The number of nitrogens with zero attached hydrogens (tertiary/aromatic N) is 3. The van der Waals surface area contributed by atoms with Crippen LogP contribution in [0.5, 0.6) is 17.2 Å². The minimum Gasteiger partial charge on any atom is -0.493 e. The van der Waals surface area contributed by atoms with E-state index in [0.29, 0.717) is 39.3 Å². The third-order valence-electron chi connectivity index (χ3n) is 3.96. The van der Waals surface area contributed by atoms with Crippen molar-refractivity contribution < 1.29 is 19.0 Å². The van der Waals surface area contributed by atoms with Crippen molar-refractivity contribution in [3.8, 4) is 22.9 Å². The van der Waals surface area contributed by atoms with Crippen LogP contribution in [0.1, 0.15) is 16.2 Å². The highest BCUT2D eigenvalue weighted by Crippen LogP contribution is 2.40. The van der Waals surface area contributed by atoms with Crippen molar-refractivity contribution >= 4 is 23.2 Å². The summed E-state index contributed by atoms with van der Waals surface area (Å²) in [6, 6.07) is 10.3. The van der Waals surface area contributed by atoms with Gasteiger partial charge in [-0.1, -0.05) is 17.7 Å². The van der Waals surface area contributed by atoms with E-state index in [2.05, 4.69) is 15.5 Å². The molecule has 0 aliphatic rings. The summed E-state index contributed by atoms with van der Waals surface area (Å²) in [5.41, 5.74) is 1.79. The molecular weight excluding hydrogens is 384 g/mol. The van der Waals surface area contributed by atoms with Crippen LogP contribution in [0.4, 0.5) is 5.69 Å². The Morgan fingerprint density at radius 1 is 1.04 bits per heavy atom. The van der Waals surface area contributed by atoms with Gasteiger partial charge in [-0.25, -0.2) is 0 Å². The summed E-state index contributed by atoms with van der Waals surface area (Å²) in [6.45, 7) is 1.71. The van der Waals surface area contributed by atoms with Gasteiger partial charge in [0.2, 0.25) is 5.75 Å². The third kappa shape index (κ3) is 3.86. The number of carbonyl (C=O) groups excluding carboxylic acids is 1. The Hall–Kier alpha value is -3.26. The van der Waals surface area contributed by atoms with E-state index in [1.807, 2.05) is 0 Å². The van der Waals surface area contributed by atoms with Crippen molar-refractivity contribution in [1.82, 2.24) is 15.0 Å². The smallest absolute Gasteiger partial charge is 0.278 e. The summed E-state index contributed by atoms with van der Waals surface area (Å²) in [6.07, 6.45) is 0. The topological polar surface area (TPSA) is 87.5 Å². The van der Waals surface area contributed by atoms with Gasteiger partial charge in [-0.2, -0.15) is 9.90 Å². The molecule has 28 heavy (non-hydrogen) atoms. The van der Waals surface area contributed by atoms with Crippen molar-refractivity contribution in [2.24, 2.45) is 0 Å². The Labute approximate surface area is 167 Å². The maximum absolute atomic E-state index is 12.7. The standard InChI is InChI=1S/C19H19ClN4O4/c1-11-17(23-24(22-11)14-7-5-6-12(20)8-14)19(25)21-13-9-15(26-2)18(28-4)16(10-13)27-3/h5-10H,1-4H3,(H,21,25). The maximum atomic E-state index is 12.7. The quantitative estimate of drug-likeness (QED) is 0.678. The Kier molecular flexibility index (Phi) is 5.70. The first-order valence-electron chi connectivity index (χ1n) is 8.28. The van der Waals surface area contributed by atoms with Crippen LogP contribution in [0.15, 0.2) is 36.4 Å². The Morgan fingerprint density at radius 2 is 1.71 bits per heavy atom. The molecule has 0 aliphatic carbocycles. The highest BCUT2D eigenvalue weighted by molar-refractivity contribution is 6.30. The number of halogens is 1. The normalized spacial score (nSPS) is 10.5. The van der Waals surface area contributed by atoms with Crippen molar-refractivity contribution in [3.63, 3.8) is 0 Å². The highest BCUT2D eigenvalue weighted by Gasteiger charge is 2.19. The predicted octanol–water partition coefficient (Wildman–Crippen LogP) is 3.51. The maximum Gasteiger partial charge on any atom is 0.278 e. The number of aromatic nitrogens is 3. The summed E-state index contributed by atoms with van der Waals surface area (Å²) in [4.78, 5) is 14.1. The lowest BCUT2D eigenvalue weighted by atomic mass is 10.2. The third-order valence-corrected chi connectivity index (χ3v) is 4.19. The predicted molar refractivity (Wildman–Crippen MR) is 105 cm³/mol. The number of benzene rings is 2. The molecule has 0 aliphatic heterocycles. The molecule has 8 nitrogen and oxygen atoms in total. The zero-order chi connectivity index (χ0) is 20.3. The summed E-state index contributed by atoms with van der Waals surface area (Å²) in [5.74, 6) is 0.874. The van der Waals surface area contributed by atoms with Gasteiger partial charge >= 0.3 is 0 Å². The van der Waals surface area contributed by atoms with E-state index in [0.717, 1.165) is 0 Å². The first-order valence-corrected chi connectivity index (χ1v) is 8.66. The molecule has 0 saturated heterocycles. The SMILES string of the molecule is COc1cc(NC(=O)c2nn(-c3cccc(Cl)c3)nc2C)cc(OC)c1OC. The van der Waals surface area contributed by atoms with Crippen LogP contribution in [0.25, 0.3) is 5.69 Å². The van der Waals surface area contributed by atoms with Gasteiger partial charge in [0.05, 0.1) is 32.7 Å². The van der Waals surface area contributed by atoms with Crippen molar-refractivity contribution in [3.05, 3.63) is 52.8 Å². The minimum absolute atomic E-state index is 0.189. The first-order chi connectivity index (χ1) is 13.5. The van der Waals surface area contributed by atoms with E-state index in [1.165, 1.54) is 26.1 Å². The molecule has 0 radical (unpaired) electrons. The monoisotopic (exact) mass is 402 g/mol. The second-order valence-corrected chi connectivity index (χ2v) is 6.21. The van der Waals surface area contributed by atoms with E-state index < -0.39 is 5.91 Å². The fourth-order valence-corrected chi connectivity index (χ4v) is 2.83. The van der Waals surface area contributed by atoms with Crippen LogP contribution in [-0.2, 0) is 0 Å². The van der Waals surface area contributed by atoms with E-state index in [-0.39, 0.29) is 5.69 Å². The molecule has 1 heterocycles. The number of ether oxygens (including phenoxy) is 3. The van der Waals surface area contributed by atoms with Crippen LogP contribution >= 0.6 is 11.6 Å². The van der Waals surface area contributed by atoms with E-state index in [4.69, 9.17) is 25.8 Å². The van der Waals surface area contributed by atoms with E-state index in [1.54, 1.807) is 43.3 Å². The van der Waals surface area contributed by atoms with Gasteiger partial charge in [-0.05, 0) is 25.1 Å². The van der Waals surface area contributed by atoms with Gasteiger partial charge in [0, 0.05) is 22.8 Å². The van der Waals surface area contributed by atoms with Gasteiger partial charge in [0.15, 0.2) is 17.2 Å².